The number of carbonyl (C=O) groups is 1. The van der Waals surface area contributed by atoms with Gasteiger partial charge in [-0.15, -0.1) is 11.3 Å². The molecule has 0 radical (unpaired) electrons. The van der Waals surface area contributed by atoms with Gasteiger partial charge in [0.2, 0.25) is 5.91 Å². The van der Waals surface area contributed by atoms with Crippen molar-refractivity contribution in [2.24, 2.45) is 0 Å². The van der Waals surface area contributed by atoms with Crippen molar-refractivity contribution in [3.63, 3.8) is 0 Å². The highest BCUT2D eigenvalue weighted by Gasteiger charge is 2.12. The predicted octanol–water partition coefficient (Wildman–Crippen LogP) is 3.85. The zero-order valence-corrected chi connectivity index (χ0v) is 16.5. The molecule has 5 nitrogen and oxygen atoms in total. The minimum atomic E-state index is 0.0561. The van der Waals surface area contributed by atoms with Crippen molar-refractivity contribution in [3.05, 3.63) is 40.4 Å². The Morgan fingerprint density at radius 3 is 2.68 bits per heavy atom. The lowest BCUT2D eigenvalue weighted by atomic mass is 10.1. The van der Waals surface area contributed by atoms with E-state index in [1.165, 1.54) is 11.1 Å². The summed E-state index contributed by atoms with van der Waals surface area (Å²) in [5, 5.41) is 9.21. The van der Waals surface area contributed by atoms with Crippen LogP contribution < -0.4 is 10.6 Å². The van der Waals surface area contributed by atoms with Crippen molar-refractivity contribution in [1.82, 2.24) is 15.2 Å². The van der Waals surface area contributed by atoms with Crippen LogP contribution in [0.3, 0.4) is 0 Å². The minimum absolute atomic E-state index is 0.0561. The van der Waals surface area contributed by atoms with Crippen LogP contribution in [0, 0.1) is 13.8 Å². The topological polar surface area (TPSA) is 57.3 Å². The molecule has 1 heterocycles. The summed E-state index contributed by atoms with van der Waals surface area (Å²) in [6.07, 6.45) is 0. The van der Waals surface area contributed by atoms with E-state index < -0.39 is 0 Å². The zero-order valence-electron chi connectivity index (χ0n) is 15.7. The first kappa shape index (κ1) is 19.4. The third kappa shape index (κ3) is 6.14. The lowest BCUT2D eigenvalue weighted by Gasteiger charge is -2.19. The van der Waals surface area contributed by atoms with Gasteiger partial charge in [-0.1, -0.05) is 13.0 Å². The van der Waals surface area contributed by atoms with E-state index in [0.717, 1.165) is 23.1 Å². The summed E-state index contributed by atoms with van der Waals surface area (Å²) in [5.74, 6) is 0.0561. The molecule has 0 fully saturated rings. The Kier molecular flexibility index (Phi) is 6.96. The summed E-state index contributed by atoms with van der Waals surface area (Å²) in [6.45, 7) is 12.1. The maximum Gasteiger partial charge on any atom is 0.234 e. The number of benzene rings is 1. The fourth-order valence-electron chi connectivity index (χ4n) is 2.46. The van der Waals surface area contributed by atoms with Crippen molar-refractivity contribution in [1.29, 1.82) is 0 Å². The van der Waals surface area contributed by atoms with Crippen LogP contribution in [0.5, 0.6) is 0 Å². The lowest BCUT2D eigenvalue weighted by Crippen LogP contribution is -2.39. The fraction of sp³-hybridized carbons (Fsp3) is 0.474. The Morgan fingerprint density at radius 1 is 1.28 bits per heavy atom. The van der Waals surface area contributed by atoms with Crippen LogP contribution in [-0.2, 0) is 11.3 Å². The highest BCUT2D eigenvalue weighted by Crippen LogP contribution is 2.23. The van der Waals surface area contributed by atoms with E-state index in [0.29, 0.717) is 13.1 Å². The molecular weight excluding hydrogens is 332 g/mol. The average molecular weight is 361 g/mol. The highest BCUT2D eigenvalue weighted by molar-refractivity contribution is 7.13. The minimum Gasteiger partial charge on any atom is -0.353 e. The summed E-state index contributed by atoms with van der Waals surface area (Å²) in [6, 6.07) is 6.47. The molecule has 0 saturated heterocycles. The predicted molar refractivity (Wildman–Crippen MR) is 106 cm³/mol. The molecule has 2 aromatic rings. The molecule has 0 bridgehead atoms. The van der Waals surface area contributed by atoms with Crippen LogP contribution in [0.25, 0.3) is 0 Å². The van der Waals surface area contributed by atoms with Crippen LogP contribution in [0.1, 0.15) is 37.6 Å². The molecule has 1 aromatic carbocycles. The van der Waals surface area contributed by atoms with E-state index in [-0.39, 0.29) is 11.9 Å². The maximum atomic E-state index is 11.9. The zero-order chi connectivity index (χ0) is 18.4. The molecule has 0 spiro atoms. The van der Waals surface area contributed by atoms with Crippen molar-refractivity contribution >= 4 is 28.1 Å². The van der Waals surface area contributed by atoms with E-state index >= 15 is 0 Å². The molecule has 1 aromatic heterocycles. The number of rotatable bonds is 8. The SMILES string of the molecule is CCN(CC(=O)NC(C)C)Cc1csc(Nc2ccc(C)c(C)c2)n1. The van der Waals surface area contributed by atoms with Crippen molar-refractivity contribution < 1.29 is 4.79 Å². The Morgan fingerprint density at radius 2 is 2.04 bits per heavy atom. The summed E-state index contributed by atoms with van der Waals surface area (Å²) in [7, 11) is 0. The van der Waals surface area contributed by atoms with Crippen molar-refractivity contribution in [3.8, 4) is 0 Å². The number of hydrogen-bond acceptors (Lipinski definition) is 5. The van der Waals surface area contributed by atoms with Gasteiger partial charge in [-0.05, 0) is 57.5 Å². The summed E-state index contributed by atoms with van der Waals surface area (Å²) >= 11 is 1.59. The van der Waals surface area contributed by atoms with Gasteiger partial charge < -0.3 is 10.6 Å². The van der Waals surface area contributed by atoms with E-state index in [4.69, 9.17) is 0 Å². The number of hydrogen-bond donors (Lipinski definition) is 2. The molecule has 25 heavy (non-hydrogen) atoms. The third-order valence-electron chi connectivity index (χ3n) is 3.96. The van der Waals surface area contributed by atoms with Gasteiger partial charge in [0.25, 0.3) is 0 Å². The number of carbonyl (C=O) groups excluding carboxylic acids is 1. The van der Waals surface area contributed by atoms with E-state index in [1.807, 2.05) is 19.2 Å². The number of aryl methyl sites for hydroxylation is 2. The maximum absolute atomic E-state index is 11.9. The summed E-state index contributed by atoms with van der Waals surface area (Å²) in [5.41, 5.74) is 4.57. The molecule has 0 aliphatic heterocycles. The fourth-order valence-corrected chi connectivity index (χ4v) is 3.18. The monoisotopic (exact) mass is 360 g/mol. The van der Waals surface area contributed by atoms with Crippen LogP contribution >= 0.6 is 11.3 Å². The molecule has 1 amide bonds. The second-order valence-corrected chi connectivity index (χ2v) is 7.45. The number of likely N-dealkylation sites (N-methyl/N-ethyl adjacent to an activating group) is 1. The quantitative estimate of drug-likeness (QED) is 0.751. The second-order valence-electron chi connectivity index (χ2n) is 6.59. The van der Waals surface area contributed by atoms with Gasteiger partial charge in [0.05, 0.1) is 12.2 Å². The first-order chi connectivity index (χ1) is 11.9. The van der Waals surface area contributed by atoms with Crippen LogP contribution in [0.2, 0.25) is 0 Å². The van der Waals surface area contributed by atoms with Crippen molar-refractivity contribution in [2.75, 3.05) is 18.4 Å². The molecular formula is C19H28N4OS. The Balaban J connectivity index is 1.95. The van der Waals surface area contributed by atoms with Gasteiger partial charge in [0.1, 0.15) is 0 Å². The van der Waals surface area contributed by atoms with Crippen molar-refractivity contribution in [2.45, 2.75) is 47.2 Å². The van der Waals surface area contributed by atoms with Gasteiger partial charge in [-0.25, -0.2) is 4.98 Å². The number of thiazole rings is 1. The smallest absolute Gasteiger partial charge is 0.234 e. The van der Waals surface area contributed by atoms with Gasteiger partial charge in [0.15, 0.2) is 5.13 Å². The summed E-state index contributed by atoms with van der Waals surface area (Å²) < 4.78 is 0. The van der Waals surface area contributed by atoms with Crippen LogP contribution in [0.15, 0.2) is 23.6 Å². The standard InChI is InChI=1S/C19H28N4OS/c1-6-23(11-18(24)20-13(2)3)10-17-12-25-19(22-17)21-16-8-7-14(4)15(5)9-16/h7-9,12-13H,6,10-11H2,1-5H3,(H,20,24)(H,21,22). The molecule has 0 aliphatic carbocycles. The van der Waals surface area contributed by atoms with Crippen LogP contribution in [0.4, 0.5) is 10.8 Å². The Labute approximate surface area is 154 Å². The number of nitrogens with zero attached hydrogens (tertiary/aromatic N) is 2. The molecule has 2 rings (SSSR count). The lowest BCUT2D eigenvalue weighted by molar-refractivity contribution is -0.122. The Bertz CT molecular complexity index is 711. The van der Waals surface area contributed by atoms with Gasteiger partial charge in [-0.2, -0.15) is 0 Å². The van der Waals surface area contributed by atoms with Gasteiger partial charge in [-0.3, -0.25) is 9.69 Å². The molecule has 6 heteroatoms. The molecule has 0 atom stereocenters. The van der Waals surface area contributed by atoms with E-state index in [1.54, 1.807) is 11.3 Å². The van der Waals surface area contributed by atoms with E-state index in [9.17, 15) is 4.79 Å². The first-order valence-electron chi connectivity index (χ1n) is 8.67. The molecule has 0 aliphatic rings. The number of anilines is 2. The number of aromatic nitrogens is 1. The third-order valence-corrected chi connectivity index (χ3v) is 4.77. The normalized spacial score (nSPS) is 11.2. The van der Waals surface area contributed by atoms with Crippen LogP contribution in [-0.4, -0.2) is 34.9 Å². The molecule has 136 valence electrons. The average Bonchev–Trinajstić information content (AvgIpc) is 2.96. The van der Waals surface area contributed by atoms with Gasteiger partial charge in [0, 0.05) is 23.7 Å². The molecule has 2 N–H and O–H groups in total. The molecule has 0 saturated carbocycles. The Hall–Kier alpha value is -1.92. The largest absolute Gasteiger partial charge is 0.353 e. The highest BCUT2D eigenvalue weighted by atomic mass is 32.1. The first-order valence-corrected chi connectivity index (χ1v) is 9.55. The molecule has 0 unspecified atom stereocenters. The van der Waals surface area contributed by atoms with E-state index in [2.05, 4.69) is 59.5 Å². The number of amides is 1. The number of nitrogens with one attached hydrogen (secondary N) is 2. The summed E-state index contributed by atoms with van der Waals surface area (Å²) in [4.78, 5) is 18.7. The second kappa shape index (κ2) is 8.97. The van der Waals surface area contributed by atoms with Gasteiger partial charge >= 0.3 is 0 Å².